The molecule has 0 saturated carbocycles. The molecular weight excluding hydrogens is 478 g/mol. The topological polar surface area (TPSA) is 114 Å². The fourth-order valence-electron chi connectivity index (χ4n) is 3.45. The molecule has 0 aliphatic heterocycles. The number of methoxy groups -OCH3 is 2. The van der Waals surface area contributed by atoms with Crippen LogP contribution in [0.2, 0.25) is 0 Å². The quantitative estimate of drug-likeness (QED) is 0.277. The first-order chi connectivity index (χ1) is 17.3. The first-order valence-corrected chi connectivity index (χ1v) is 12.6. The van der Waals surface area contributed by atoms with E-state index in [4.69, 9.17) is 9.47 Å². The Kier molecular flexibility index (Phi) is 7.25. The van der Waals surface area contributed by atoms with Crippen molar-refractivity contribution >= 4 is 38.7 Å². The van der Waals surface area contributed by atoms with Crippen LogP contribution in [0.4, 0.5) is 28.7 Å². The molecule has 0 spiro atoms. The molecule has 9 nitrogen and oxygen atoms in total. The van der Waals surface area contributed by atoms with Gasteiger partial charge < -0.3 is 20.1 Å². The fourth-order valence-corrected chi connectivity index (χ4v) is 4.70. The SMILES string of the molecule is COc1ccc(OC)c(S(=O)(=O)Nc2ccc(Nc3cc(Nc4ccc(C)cc4)nc(C)n3)cc2)c1. The van der Waals surface area contributed by atoms with E-state index < -0.39 is 10.0 Å². The highest BCUT2D eigenvalue weighted by Crippen LogP contribution is 2.30. The first kappa shape index (κ1) is 24.8. The number of hydrogen-bond acceptors (Lipinski definition) is 8. The Bertz CT molecular complexity index is 1460. The molecule has 0 atom stereocenters. The van der Waals surface area contributed by atoms with E-state index in [1.807, 2.05) is 38.1 Å². The summed E-state index contributed by atoms with van der Waals surface area (Å²) in [5.41, 5.74) is 3.23. The van der Waals surface area contributed by atoms with Gasteiger partial charge in [0, 0.05) is 29.2 Å². The van der Waals surface area contributed by atoms with Crippen molar-refractivity contribution in [1.82, 2.24) is 9.97 Å². The maximum atomic E-state index is 13.0. The smallest absolute Gasteiger partial charge is 0.265 e. The summed E-state index contributed by atoms with van der Waals surface area (Å²) in [6.07, 6.45) is 0. The van der Waals surface area contributed by atoms with Gasteiger partial charge in [0.1, 0.15) is 33.9 Å². The Balaban J connectivity index is 1.48. The summed E-state index contributed by atoms with van der Waals surface area (Å²) in [7, 11) is -1.02. The van der Waals surface area contributed by atoms with Gasteiger partial charge in [-0.25, -0.2) is 18.4 Å². The normalized spacial score (nSPS) is 11.0. The van der Waals surface area contributed by atoms with Gasteiger partial charge in [-0.05, 0) is 62.4 Å². The second kappa shape index (κ2) is 10.5. The number of rotatable bonds is 9. The van der Waals surface area contributed by atoms with Gasteiger partial charge in [-0.2, -0.15) is 0 Å². The molecule has 186 valence electrons. The molecule has 3 N–H and O–H groups in total. The van der Waals surface area contributed by atoms with Crippen LogP contribution in [-0.4, -0.2) is 32.6 Å². The van der Waals surface area contributed by atoms with Crippen molar-refractivity contribution in [3.63, 3.8) is 0 Å². The number of aryl methyl sites for hydroxylation is 2. The zero-order valence-corrected chi connectivity index (χ0v) is 21.2. The highest BCUT2D eigenvalue weighted by Gasteiger charge is 2.21. The number of aromatic nitrogens is 2. The maximum absolute atomic E-state index is 13.0. The van der Waals surface area contributed by atoms with Crippen molar-refractivity contribution < 1.29 is 17.9 Å². The molecule has 0 bridgehead atoms. The van der Waals surface area contributed by atoms with Crippen molar-refractivity contribution in [1.29, 1.82) is 0 Å². The molecule has 0 saturated heterocycles. The molecule has 36 heavy (non-hydrogen) atoms. The lowest BCUT2D eigenvalue weighted by Crippen LogP contribution is -2.14. The number of nitrogens with zero attached hydrogens (tertiary/aromatic N) is 2. The third kappa shape index (κ3) is 6.02. The van der Waals surface area contributed by atoms with Crippen LogP contribution < -0.4 is 24.8 Å². The summed E-state index contributed by atoms with van der Waals surface area (Å²) in [5.74, 6) is 2.49. The summed E-state index contributed by atoms with van der Waals surface area (Å²) in [5, 5.41) is 6.51. The van der Waals surface area contributed by atoms with Crippen LogP contribution in [0.1, 0.15) is 11.4 Å². The zero-order chi connectivity index (χ0) is 25.7. The molecule has 4 aromatic rings. The van der Waals surface area contributed by atoms with Gasteiger partial charge in [-0.15, -0.1) is 0 Å². The Morgan fingerprint density at radius 2 is 1.25 bits per heavy atom. The predicted molar refractivity (Wildman–Crippen MR) is 141 cm³/mol. The molecule has 0 aliphatic rings. The van der Waals surface area contributed by atoms with Crippen LogP contribution in [0, 0.1) is 13.8 Å². The second-order valence-electron chi connectivity index (χ2n) is 8.00. The monoisotopic (exact) mass is 505 g/mol. The Morgan fingerprint density at radius 3 is 1.81 bits per heavy atom. The fraction of sp³-hybridized carbons (Fsp3) is 0.154. The van der Waals surface area contributed by atoms with Crippen LogP contribution in [0.5, 0.6) is 11.5 Å². The highest BCUT2D eigenvalue weighted by molar-refractivity contribution is 7.92. The molecule has 10 heteroatoms. The molecule has 0 fully saturated rings. The van der Waals surface area contributed by atoms with E-state index in [0.29, 0.717) is 28.9 Å². The third-order valence-corrected chi connectivity index (χ3v) is 6.63. The van der Waals surface area contributed by atoms with Crippen molar-refractivity contribution in [2.45, 2.75) is 18.7 Å². The van der Waals surface area contributed by atoms with E-state index in [9.17, 15) is 8.42 Å². The van der Waals surface area contributed by atoms with Gasteiger partial charge in [0.15, 0.2) is 0 Å². The number of hydrogen-bond donors (Lipinski definition) is 3. The first-order valence-electron chi connectivity index (χ1n) is 11.1. The lowest BCUT2D eigenvalue weighted by Gasteiger charge is -2.14. The van der Waals surface area contributed by atoms with E-state index >= 15 is 0 Å². The summed E-state index contributed by atoms with van der Waals surface area (Å²) < 4.78 is 38.9. The maximum Gasteiger partial charge on any atom is 0.265 e. The van der Waals surface area contributed by atoms with Crippen LogP contribution >= 0.6 is 0 Å². The Labute approximate surface area is 210 Å². The summed E-state index contributed by atoms with van der Waals surface area (Å²) in [6.45, 7) is 3.85. The van der Waals surface area contributed by atoms with Crippen molar-refractivity contribution in [3.05, 3.63) is 84.2 Å². The Hall–Kier alpha value is -4.31. The average Bonchev–Trinajstić information content (AvgIpc) is 2.86. The molecule has 0 aliphatic carbocycles. The highest BCUT2D eigenvalue weighted by atomic mass is 32.2. The zero-order valence-electron chi connectivity index (χ0n) is 20.4. The summed E-state index contributed by atoms with van der Waals surface area (Å²) in [6, 6.07) is 21.2. The molecule has 1 heterocycles. The van der Waals surface area contributed by atoms with Crippen molar-refractivity contribution in [2.75, 3.05) is 29.6 Å². The summed E-state index contributed by atoms with van der Waals surface area (Å²) >= 11 is 0. The van der Waals surface area contributed by atoms with Gasteiger partial charge >= 0.3 is 0 Å². The van der Waals surface area contributed by atoms with Gasteiger partial charge in [-0.1, -0.05) is 17.7 Å². The third-order valence-electron chi connectivity index (χ3n) is 5.23. The molecule has 0 unspecified atom stereocenters. The summed E-state index contributed by atoms with van der Waals surface area (Å²) in [4.78, 5) is 8.87. The molecule has 1 aromatic heterocycles. The van der Waals surface area contributed by atoms with Gasteiger partial charge in [0.2, 0.25) is 0 Å². The lowest BCUT2D eigenvalue weighted by molar-refractivity contribution is 0.392. The average molecular weight is 506 g/mol. The Morgan fingerprint density at radius 1 is 0.694 bits per heavy atom. The predicted octanol–water partition coefficient (Wildman–Crippen LogP) is 5.40. The standard InChI is InChI=1S/C26H27N5O4S/c1-17-5-7-19(8-6-17)29-25-16-26(28-18(2)27-25)30-20-9-11-21(12-10-20)31-36(32,33)24-15-22(34-3)13-14-23(24)35-4/h5-16,31H,1-4H3,(H2,27,28,29,30). The van der Waals surface area contributed by atoms with E-state index in [1.54, 1.807) is 42.5 Å². The van der Waals surface area contributed by atoms with E-state index in [0.717, 1.165) is 11.4 Å². The number of benzene rings is 3. The van der Waals surface area contributed by atoms with Gasteiger partial charge in [0.25, 0.3) is 10.0 Å². The molecular formula is C26H27N5O4S. The molecule has 0 amide bonds. The minimum atomic E-state index is -3.91. The van der Waals surface area contributed by atoms with E-state index in [1.165, 1.54) is 25.8 Å². The van der Waals surface area contributed by atoms with E-state index in [-0.39, 0.29) is 10.6 Å². The molecule has 0 radical (unpaired) electrons. The van der Waals surface area contributed by atoms with Crippen LogP contribution in [-0.2, 0) is 10.0 Å². The van der Waals surface area contributed by atoms with Crippen LogP contribution in [0.25, 0.3) is 0 Å². The largest absolute Gasteiger partial charge is 0.497 e. The molecule has 4 rings (SSSR count). The minimum Gasteiger partial charge on any atom is -0.497 e. The number of nitrogens with one attached hydrogen (secondary N) is 3. The number of anilines is 5. The number of sulfonamides is 1. The van der Waals surface area contributed by atoms with E-state index in [2.05, 4.69) is 25.3 Å². The second-order valence-corrected chi connectivity index (χ2v) is 9.65. The molecule has 3 aromatic carbocycles. The van der Waals surface area contributed by atoms with Gasteiger partial charge in [0.05, 0.1) is 14.2 Å². The lowest BCUT2D eigenvalue weighted by atomic mass is 10.2. The van der Waals surface area contributed by atoms with Crippen molar-refractivity contribution in [3.8, 4) is 11.5 Å². The van der Waals surface area contributed by atoms with Crippen LogP contribution in [0.15, 0.2) is 77.7 Å². The van der Waals surface area contributed by atoms with Crippen LogP contribution in [0.3, 0.4) is 0 Å². The van der Waals surface area contributed by atoms with Crippen molar-refractivity contribution in [2.24, 2.45) is 0 Å². The minimum absolute atomic E-state index is 0.0170. The van der Waals surface area contributed by atoms with Gasteiger partial charge in [-0.3, -0.25) is 4.72 Å². The number of ether oxygens (including phenoxy) is 2.